The molecule has 162 valence electrons. The van der Waals surface area contributed by atoms with Gasteiger partial charge in [-0.1, -0.05) is 6.92 Å². The SMILES string of the molecule is CC1CCC2(CC1)NC(=O)N(NC(=O)c1nn(-c3ccc(F)cc3)c3c1CCC3)C2=O. The quantitative estimate of drug-likeness (QED) is 0.739. The molecule has 9 heteroatoms. The summed E-state index contributed by atoms with van der Waals surface area (Å²) in [6, 6.07) is 5.29. The minimum absolute atomic E-state index is 0.190. The van der Waals surface area contributed by atoms with E-state index in [2.05, 4.69) is 22.8 Å². The lowest BCUT2D eigenvalue weighted by molar-refractivity contribution is -0.134. The van der Waals surface area contributed by atoms with Crippen molar-refractivity contribution in [3.05, 3.63) is 47.0 Å². The molecule has 31 heavy (non-hydrogen) atoms. The predicted molar refractivity (Wildman–Crippen MR) is 109 cm³/mol. The number of nitrogens with one attached hydrogen (secondary N) is 2. The molecule has 2 aromatic rings. The second-order valence-electron chi connectivity index (χ2n) is 8.79. The molecule has 3 aliphatic rings. The minimum Gasteiger partial charge on any atom is -0.322 e. The number of rotatable bonds is 3. The first kappa shape index (κ1) is 19.7. The highest BCUT2D eigenvalue weighted by molar-refractivity contribution is 6.09. The van der Waals surface area contributed by atoms with E-state index < -0.39 is 23.4 Å². The van der Waals surface area contributed by atoms with Crippen LogP contribution < -0.4 is 10.7 Å². The summed E-state index contributed by atoms with van der Waals surface area (Å²) in [4.78, 5) is 38.6. The molecule has 1 saturated heterocycles. The normalized spacial score (nSPS) is 25.1. The molecule has 0 bridgehead atoms. The van der Waals surface area contributed by atoms with E-state index in [4.69, 9.17) is 0 Å². The van der Waals surface area contributed by atoms with E-state index >= 15 is 0 Å². The Hall–Kier alpha value is -3.23. The van der Waals surface area contributed by atoms with Gasteiger partial charge >= 0.3 is 6.03 Å². The Morgan fingerprint density at radius 2 is 1.90 bits per heavy atom. The number of nitrogens with zero attached hydrogens (tertiary/aromatic N) is 3. The number of hydrogen-bond donors (Lipinski definition) is 2. The molecule has 4 amide bonds. The monoisotopic (exact) mass is 425 g/mol. The number of aromatic nitrogens is 2. The molecule has 2 heterocycles. The molecule has 2 aliphatic carbocycles. The molecule has 1 spiro atoms. The van der Waals surface area contributed by atoms with Crippen LogP contribution in [0.1, 0.15) is 60.8 Å². The fraction of sp³-hybridized carbons (Fsp3) is 0.455. The Balaban J connectivity index is 1.40. The zero-order valence-electron chi connectivity index (χ0n) is 17.3. The van der Waals surface area contributed by atoms with Gasteiger partial charge in [-0.3, -0.25) is 15.0 Å². The number of hydrazine groups is 1. The lowest BCUT2D eigenvalue weighted by atomic mass is 9.77. The van der Waals surface area contributed by atoms with Gasteiger partial charge in [0.1, 0.15) is 11.4 Å². The minimum atomic E-state index is -0.924. The van der Waals surface area contributed by atoms with Crippen molar-refractivity contribution in [3.8, 4) is 5.69 Å². The number of carbonyl (C=O) groups is 3. The van der Waals surface area contributed by atoms with Gasteiger partial charge in [-0.2, -0.15) is 10.1 Å². The van der Waals surface area contributed by atoms with Crippen LogP contribution in [0.5, 0.6) is 0 Å². The molecule has 1 saturated carbocycles. The molecule has 2 fully saturated rings. The second kappa shape index (κ2) is 7.18. The first-order valence-corrected chi connectivity index (χ1v) is 10.7. The van der Waals surface area contributed by atoms with Crippen molar-refractivity contribution in [2.45, 2.75) is 57.4 Å². The molecular weight excluding hydrogens is 401 g/mol. The van der Waals surface area contributed by atoms with Crippen molar-refractivity contribution < 1.29 is 18.8 Å². The molecule has 1 aliphatic heterocycles. The maximum absolute atomic E-state index is 13.3. The molecule has 1 aromatic carbocycles. The maximum Gasteiger partial charge on any atom is 0.344 e. The Labute approximate surface area is 178 Å². The first-order valence-electron chi connectivity index (χ1n) is 10.7. The molecule has 0 atom stereocenters. The molecule has 0 radical (unpaired) electrons. The van der Waals surface area contributed by atoms with Gasteiger partial charge in [0.2, 0.25) is 0 Å². The van der Waals surface area contributed by atoms with E-state index in [-0.39, 0.29) is 11.5 Å². The first-order chi connectivity index (χ1) is 14.9. The van der Waals surface area contributed by atoms with Crippen molar-refractivity contribution in [2.75, 3.05) is 0 Å². The topological polar surface area (TPSA) is 96.3 Å². The van der Waals surface area contributed by atoms with Gasteiger partial charge in [-0.25, -0.2) is 13.9 Å². The van der Waals surface area contributed by atoms with E-state index in [0.29, 0.717) is 30.9 Å². The van der Waals surface area contributed by atoms with Crippen molar-refractivity contribution in [3.63, 3.8) is 0 Å². The van der Waals surface area contributed by atoms with Gasteiger partial charge < -0.3 is 5.32 Å². The summed E-state index contributed by atoms with van der Waals surface area (Å²) in [5.41, 5.74) is 4.10. The van der Waals surface area contributed by atoms with Crippen LogP contribution >= 0.6 is 0 Å². The maximum atomic E-state index is 13.3. The van der Waals surface area contributed by atoms with Crippen LogP contribution in [-0.2, 0) is 17.6 Å². The third-order valence-corrected chi connectivity index (χ3v) is 6.72. The van der Waals surface area contributed by atoms with Gasteiger partial charge in [0.05, 0.1) is 5.69 Å². The average Bonchev–Trinajstić information content (AvgIpc) is 3.41. The van der Waals surface area contributed by atoms with Crippen LogP contribution in [0.3, 0.4) is 0 Å². The molecule has 5 rings (SSSR count). The number of benzene rings is 1. The Bertz CT molecular complexity index is 1070. The van der Waals surface area contributed by atoms with Gasteiger partial charge in [0, 0.05) is 11.3 Å². The smallest absolute Gasteiger partial charge is 0.322 e. The van der Waals surface area contributed by atoms with E-state index in [0.717, 1.165) is 41.9 Å². The lowest BCUT2D eigenvalue weighted by Crippen LogP contribution is -2.51. The van der Waals surface area contributed by atoms with Crippen LogP contribution in [0.4, 0.5) is 9.18 Å². The summed E-state index contributed by atoms with van der Waals surface area (Å²) in [7, 11) is 0. The Morgan fingerprint density at radius 1 is 1.19 bits per heavy atom. The van der Waals surface area contributed by atoms with Crippen molar-refractivity contribution in [2.24, 2.45) is 5.92 Å². The third-order valence-electron chi connectivity index (χ3n) is 6.72. The van der Waals surface area contributed by atoms with E-state index in [1.807, 2.05) is 0 Å². The van der Waals surface area contributed by atoms with Crippen molar-refractivity contribution in [1.82, 2.24) is 25.5 Å². The van der Waals surface area contributed by atoms with Crippen LogP contribution in [0.25, 0.3) is 5.69 Å². The van der Waals surface area contributed by atoms with Gasteiger partial charge in [0.15, 0.2) is 5.69 Å². The number of hydrogen-bond acceptors (Lipinski definition) is 4. The standard InChI is InChI=1S/C22H24FN5O3/c1-13-9-11-22(12-10-13)20(30)28(21(31)24-22)26-19(29)18-16-3-2-4-17(16)27(25-18)15-7-5-14(23)6-8-15/h5-8,13H,2-4,9-12H2,1H3,(H,24,31)(H,26,29). The van der Waals surface area contributed by atoms with Crippen LogP contribution in [0.2, 0.25) is 0 Å². The molecule has 2 N–H and O–H groups in total. The molecular formula is C22H24FN5O3. The highest BCUT2D eigenvalue weighted by Gasteiger charge is 2.53. The van der Waals surface area contributed by atoms with Crippen molar-refractivity contribution in [1.29, 1.82) is 0 Å². The molecule has 8 nitrogen and oxygen atoms in total. The van der Waals surface area contributed by atoms with Gasteiger partial charge in [-0.05, 0) is 75.1 Å². The number of fused-ring (bicyclic) bond motifs is 1. The Kier molecular flexibility index (Phi) is 4.56. The number of urea groups is 1. The number of amides is 4. The Morgan fingerprint density at radius 3 is 2.61 bits per heavy atom. The summed E-state index contributed by atoms with van der Waals surface area (Å²) < 4.78 is 15.0. The summed E-state index contributed by atoms with van der Waals surface area (Å²) in [5, 5.41) is 8.05. The molecule has 1 aromatic heterocycles. The summed E-state index contributed by atoms with van der Waals surface area (Å²) in [5.74, 6) is -0.844. The van der Waals surface area contributed by atoms with Gasteiger partial charge in [-0.15, -0.1) is 0 Å². The highest BCUT2D eigenvalue weighted by Crippen LogP contribution is 2.36. The fourth-order valence-electron chi connectivity index (χ4n) is 4.89. The molecule has 0 unspecified atom stereocenters. The summed E-state index contributed by atoms with van der Waals surface area (Å²) in [6.07, 6.45) is 5.14. The zero-order chi connectivity index (χ0) is 21.8. The van der Waals surface area contributed by atoms with Gasteiger partial charge in [0.25, 0.3) is 11.8 Å². The van der Waals surface area contributed by atoms with E-state index in [1.165, 1.54) is 12.1 Å². The average molecular weight is 425 g/mol. The third kappa shape index (κ3) is 3.19. The van der Waals surface area contributed by atoms with E-state index in [9.17, 15) is 18.8 Å². The number of halogens is 1. The van der Waals surface area contributed by atoms with Crippen LogP contribution in [0, 0.1) is 11.7 Å². The largest absolute Gasteiger partial charge is 0.344 e. The zero-order valence-corrected chi connectivity index (χ0v) is 17.3. The van der Waals surface area contributed by atoms with Crippen LogP contribution in [0.15, 0.2) is 24.3 Å². The fourth-order valence-corrected chi connectivity index (χ4v) is 4.89. The lowest BCUT2D eigenvalue weighted by Gasteiger charge is -2.33. The number of imide groups is 1. The predicted octanol–water partition coefficient (Wildman–Crippen LogP) is 2.65. The van der Waals surface area contributed by atoms with Crippen molar-refractivity contribution >= 4 is 17.8 Å². The van der Waals surface area contributed by atoms with E-state index in [1.54, 1.807) is 16.8 Å². The number of carbonyl (C=O) groups excluding carboxylic acids is 3. The second-order valence-corrected chi connectivity index (χ2v) is 8.79. The van der Waals surface area contributed by atoms with Crippen LogP contribution in [-0.4, -0.2) is 38.2 Å². The summed E-state index contributed by atoms with van der Waals surface area (Å²) >= 11 is 0. The summed E-state index contributed by atoms with van der Waals surface area (Å²) in [6.45, 7) is 2.13. The highest BCUT2D eigenvalue weighted by atomic mass is 19.1.